The van der Waals surface area contributed by atoms with Gasteiger partial charge in [-0.15, -0.1) is 0 Å². The maximum atomic E-state index is 5.98. The van der Waals surface area contributed by atoms with Crippen LogP contribution in [-0.4, -0.2) is 15.9 Å². The number of halogens is 1. The van der Waals surface area contributed by atoms with Crippen LogP contribution in [0.3, 0.4) is 0 Å². The largest absolute Gasteiger partial charge is 0.486 e. The van der Waals surface area contributed by atoms with Gasteiger partial charge in [0.1, 0.15) is 4.60 Å². The van der Waals surface area contributed by atoms with Crippen LogP contribution in [0.4, 0.5) is 0 Å². The lowest BCUT2D eigenvalue weighted by atomic mass is 9.93. The van der Waals surface area contributed by atoms with E-state index in [0.29, 0.717) is 12.1 Å². The van der Waals surface area contributed by atoms with Gasteiger partial charge in [0, 0.05) is 0 Å². The molecule has 0 bridgehead atoms. The molecule has 0 atom stereocenters. The number of ether oxygens (including phenoxy) is 1. The second-order valence-corrected chi connectivity index (χ2v) is 5.60. The zero-order valence-electron chi connectivity index (χ0n) is 9.36. The van der Waals surface area contributed by atoms with Gasteiger partial charge < -0.3 is 4.74 Å². The van der Waals surface area contributed by atoms with Gasteiger partial charge in [0.2, 0.25) is 0 Å². The van der Waals surface area contributed by atoms with Gasteiger partial charge in [-0.3, -0.25) is 4.68 Å². The third-order valence-electron chi connectivity index (χ3n) is 3.72. The molecule has 0 unspecified atom stereocenters. The Labute approximate surface area is 104 Å². The number of rotatable bonds is 3. The summed E-state index contributed by atoms with van der Waals surface area (Å²) in [5, 5.41) is 4.42. The van der Waals surface area contributed by atoms with Gasteiger partial charge >= 0.3 is 0 Å². The van der Waals surface area contributed by atoms with E-state index in [-0.39, 0.29) is 0 Å². The lowest BCUT2D eigenvalue weighted by molar-refractivity contribution is 0.206. The van der Waals surface area contributed by atoms with Crippen LogP contribution in [0.1, 0.15) is 51.0 Å². The van der Waals surface area contributed by atoms with E-state index >= 15 is 0 Å². The normalized spacial score (nSPS) is 22.3. The minimum atomic E-state index is 0.412. The molecule has 3 nitrogen and oxygen atoms in total. The minimum absolute atomic E-state index is 0.412. The highest BCUT2D eigenvalue weighted by Crippen LogP contribution is 2.37. The van der Waals surface area contributed by atoms with Crippen LogP contribution in [0.25, 0.3) is 0 Å². The monoisotopic (exact) mass is 284 g/mol. The summed E-state index contributed by atoms with van der Waals surface area (Å²) < 4.78 is 9.08. The molecule has 0 radical (unpaired) electrons. The van der Waals surface area contributed by atoms with E-state index < -0.39 is 0 Å². The fraction of sp³-hybridized carbons (Fsp3) is 0.750. The quantitative estimate of drug-likeness (QED) is 0.846. The first kappa shape index (κ1) is 10.6. The molecule has 0 amide bonds. The second kappa shape index (κ2) is 4.40. The summed E-state index contributed by atoms with van der Waals surface area (Å²) in [6.45, 7) is 0. The molecule has 88 valence electrons. The van der Waals surface area contributed by atoms with Gasteiger partial charge in [-0.05, 0) is 60.9 Å². The Kier molecular flexibility index (Phi) is 2.92. The van der Waals surface area contributed by atoms with Crippen molar-refractivity contribution in [2.75, 3.05) is 0 Å². The Hall–Kier alpha value is -0.510. The molecule has 0 N–H and O–H groups in total. The van der Waals surface area contributed by atoms with Gasteiger partial charge in [0.15, 0.2) is 5.75 Å². The Balaban J connectivity index is 1.71. The summed E-state index contributed by atoms with van der Waals surface area (Å²) in [4.78, 5) is 0. The number of hydrogen-bond donors (Lipinski definition) is 0. The minimum Gasteiger partial charge on any atom is -0.486 e. The first-order chi connectivity index (χ1) is 7.84. The molecule has 1 aromatic rings. The molecular formula is C12H17BrN2O. The molecule has 0 spiro atoms. The average molecular weight is 285 g/mol. The zero-order chi connectivity index (χ0) is 11.0. The fourth-order valence-electron chi connectivity index (χ4n) is 2.48. The first-order valence-electron chi connectivity index (χ1n) is 6.24. The van der Waals surface area contributed by atoms with Gasteiger partial charge in [0.05, 0.1) is 18.3 Å². The molecule has 0 aliphatic heterocycles. The van der Waals surface area contributed by atoms with Gasteiger partial charge in [-0.1, -0.05) is 0 Å². The van der Waals surface area contributed by atoms with Gasteiger partial charge in [0.25, 0.3) is 0 Å². The van der Waals surface area contributed by atoms with Crippen molar-refractivity contribution in [3.8, 4) is 5.75 Å². The van der Waals surface area contributed by atoms with Crippen LogP contribution < -0.4 is 4.74 Å². The Morgan fingerprint density at radius 2 is 1.94 bits per heavy atom. The highest BCUT2D eigenvalue weighted by molar-refractivity contribution is 9.10. The molecule has 2 fully saturated rings. The zero-order valence-corrected chi connectivity index (χ0v) is 10.9. The molecule has 0 aromatic carbocycles. The van der Waals surface area contributed by atoms with Gasteiger partial charge in [-0.25, -0.2) is 0 Å². The Bertz CT molecular complexity index is 367. The third-order valence-corrected chi connectivity index (χ3v) is 4.47. The van der Waals surface area contributed by atoms with Crippen molar-refractivity contribution in [3.63, 3.8) is 0 Å². The molecule has 1 heterocycles. The van der Waals surface area contributed by atoms with E-state index in [1.165, 1.54) is 44.9 Å². The third kappa shape index (κ3) is 1.88. The van der Waals surface area contributed by atoms with E-state index in [1.807, 2.05) is 6.20 Å². The molecule has 1 aromatic heterocycles. The van der Waals surface area contributed by atoms with Gasteiger partial charge in [-0.2, -0.15) is 5.10 Å². The summed E-state index contributed by atoms with van der Waals surface area (Å²) in [5.41, 5.74) is 0. The second-order valence-electron chi connectivity index (χ2n) is 4.85. The van der Waals surface area contributed by atoms with Crippen LogP contribution in [0.2, 0.25) is 0 Å². The summed E-state index contributed by atoms with van der Waals surface area (Å²) in [7, 11) is 0. The maximum Gasteiger partial charge on any atom is 0.172 e. The molecule has 2 saturated carbocycles. The molecule has 4 heteroatoms. The highest BCUT2D eigenvalue weighted by atomic mass is 79.9. The van der Waals surface area contributed by atoms with Crippen LogP contribution in [-0.2, 0) is 0 Å². The van der Waals surface area contributed by atoms with Crippen LogP contribution in [0.15, 0.2) is 10.8 Å². The summed E-state index contributed by atoms with van der Waals surface area (Å²) in [5.74, 6) is 0.929. The SMILES string of the molecule is Brc1c(OC2CCCC2)cnn1C1CCC1. The van der Waals surface area contributed by atoms with Crippen molar-refractivity contribution < 1.29 is 4.74 Å². The lowest BCUT2D eigenvalue weighted by Gasteiger charge is -2.26. The smallest absolute Gasteiger partial charge is 0.172 e. The Morgan fingerprint density at radius 1 is 1.19 bits per heavy atom. The van der Waals surface area contributed by atoms with Crippen molar-refractivity contribution in [2.24, 2.45) is 0 Å². The maximum absolute atomic E-state index is 5.98. The van der Waals surface area contributed by atoms with Crippen LogP contribution >= 0.6 is 15.9 Å². The van der Waals surface area contributed by atoms with Crippen molar-refractivity contribution in [3.05, 3.63) is 10.8 Å². The fourth-order valence-corrected chi connectivity index (χ4v) is 3.06. The molecule has 0 saturated heterocycles. The molecule has 2 aliphatic rings. The number of hydrogen-bond acceptors (Lipinski definition) is 2. The van der Waals surface area contributed by atoms with Crippen molar-refractivity contribution in [2.45, 2.75) is 57.1 Å². The Morgan fingerprint density at radius 3 is 2.56 bits per heavy atom. The molecular weight excluding hydrogens is 268 g/mol. The predicted molar refractivity (Wildman–Crippen MR) is 65.7 cm³/mol. The van der Waals surface area contributed by atoms with E-state index in [1.54, 1.807) is 0 Å². The molecule has 16 heavy (non-hydrogen) atoms. The highest BCUT2D eigenvalue weighted by Gasteiger charge is 2.25. The summed E-state index contributed by atoms with van der Waals surface area (Å²) in [6.07, 6.45) is 11.1. The van der Waals surface area contributed by atoms with E-state index in [0.717, 1.165) is 10.4 Å². The first-order valence-corrected chi connectivity index (χ1v) is 7.03. The van der Waals surface area contributed by atoms with Crippen LogP contribution in [0, 0.1) is 0 Å². The van der Waals surface area contributed by atoms with Crippen molar-refractivity contribution >= 4 is 15.9 Å². The average Bonchev–Trinajstić information content (AvgIpc) is 2.80. The van der Waals surface area contributed by atoms with Crippen molar-refractivity contribution in [1.82, 2.24) is 9.78 Å². The van der Waals surface area contributed by atoms with E-state index in [9.17, 15) is 0 Å². The molecule has 3 rings (SSSR count). The predicted octanol–water partition coefficient (Wildman–Crippen LogP) is 3.69. The number of nitrogens with zero attached hydrogens (tertiary/aromatic N) is 2. The summed E-state index contributed by atoms with van der Waals surface area (Å²) in [6, 6.07) is 0.593. The standard InChI is InChI=1S/C12H17BrN2O/c13-12-11(16-10-6-1-2-7-10)8-14-15(12)9-4-3-5-9/h8-10H,1-7H2. The van der Waals surface area contributed by atoms with E-state index in [2.05, 4.69) is 25.7 Å². The van der Waals surface area contributed by atoms with Crippen molar-refractivity contribution in [1.29, 1.82) is 0 Å². The van der Waals surface area contributed by atoms with E-state index in [4.69, 9.17) is 4.74 Å². The number of aromatic nitrogens is 2. The summed E-state index contributed by atoms with van der Waals surface area (Å²) >= 11 is 3.61. The lowest BCUT2D eigenvalue weighted by Crippen LogP contribution is -2.18. The topological polar surface area (TPSA) is 27.1 Å². The molecule has 2 aliphatic carbocycles. The van der Waals surface area contributed by atoms with Crippen LogP contribution in [0.5, 0.6) is 5.75 Å².